The molecule has 0 aromatic heterocycles. The molecule has 7 nitrogen and oxygen atoms in total. The van der Waals surface area contributed by atoms with E-state index in [2.05, 4.69) is 4.72 Å². The molecule has 1 amide bonds. The van der Waals surface area contributed by atoms with Crippen LogP contribution >= 0.6 is 0 Å². The van der Waals surface area contributed by atoms with Crippen LogP contribution in [0, 0.1) is 6.92 Å². The van der Waals surface area contributed by atoms with Gasteiger partial charge >= 0.3 is 6.09 Å². The molecule has 0 aliphatic carbocycles. The van der Waals surface area contributed by atoms with Crippen LogP contribution in [0.25, 0.3) is 0 Å². The zero-order valence-electron chi connectivity index (χ0n) is 14.5. The molecule has 0 radical (unpaired) electrons. The van der Waals surface area contributed by atoms with Crippen molar-refractivity contribution in [2.24, 2.45) is 0 Å². The number of carbonyl (C=O) groups excluding carboxylic acids is 1. The van der Waals surface area contributed by atoms with Crippen LogP contribution in [0.4, 0.5) is 10.5 Å². The fourth-order valence-corrected chi connectivity index (χ4v) is 4.07. The van der Waals surface area contributed by atoms with Gasteiger partial charge in [0.25, 0.3) is 0 Å². The maximum Gasteiger partial charge on any atom is 0.414 e. The minimum absolute atomic E-state index is 0.00285. The van der Waals surface area contributed by atoms with Crippen molar-refractivity contribution in [1.82, 2.24) is 4.72 Å². The minimum atomic E-state index is -3.72. The van der Waals surface area contributed by atoms with Gasteiger partial charge < -0.3 is 9.47 Å². The normalized spacial score (nSPS) is 17.2. The lowest BCUT2D eigenvalue weighted by molar-refractivity contribution is 0.143. The number of benzene rings is 2. The molecule has 0 bridgehead atoms. The average Bonchev–Trinajstić information content (AvgIpc) is 3.01. The lowest BCUT2D eigenvalue weighted by atomic mass is 10.2. The fraction of sp³-hybridized carbons (Fsp3) is 0.278. The number of ether oxygens (including phenoxy) is 2. The molecule has 2 aromatic carbocycles. The van der Waals surface area contributed by atoms with Crippen LogP contribution in [-0.2, 0) is 14.8 Å². The van der Waals surface area contributed by atoms with Gasteiger partial charge in [-0.3, -0.25) is 4.90 Å². The van der Waals surface area contributed by atoms with Crippen LogP contribution in [0.2, 0.25) is 0 Å². The van der Waals surface area contributed by atoms with E-state index in [1.54, 1.807) is 31.2 Å². The number of cyclic esters (lactones) is 1. The number of hydrogen-bond donors (Lipinski definition) is 1. The maximum absolute atomic E-state index is 12.5. The molecule has 0 saturated carbocycles. The number of methoxy groups -OCH3 is 1. The Morgan fingerprint density at radius 2 is 1.96 bits per heavy atom. The van der Waals surface area contributed by atoms with E-state index in [-0.39, 0.29) is 18.0 Å². The topological polar surface area (TPSA) is 84.9 Å². The Balaban J connectivity index is 1.66. The number of anilines is 1. The van der Waals surface area contributed by atoms with E-state index in [0.717, 1.165) is 0 Å². The molecule has 1 unspecified atom stereocenters. The molecule has 1 atom stereocenters. The van der Waals surface area contributed by atoms with Crippen molar-refractivity contribution in [2.45, 2.75) is 17.9 Å². The highest BCUT2D eigenvalue weighted by molar-refractivity contribution is 7.89. The third-order valence-corrected chi connectivity index (χ3v) is 5.70. The first kappa shape index (κ1) is 18.2. The highest BCUT2D eigenvalue weighted by Gasteiger charge is 2.33. The molecule has 138 valence electrons. The largest absolute Gasteiger partial charge is 0.497 e. The number of hydrogen-bond acceptors (Lipinski definition) is 5. The number of nitrogens with one attached hydrogen (secondary N) is 1. The van der Waals surface area contributed by atoms with Crippen LogP contribution < -0.4 is 14.4 Å². The smallest absolute Gasteiger partial charge is 0.414 e. The first-order chi connectivity index (χ1) is 12.4. The van der Waals surface area contributed by atoms with Crippen LogP contribution in [0.1, 0.15) is 5.56 Å². The van der Waals surface area contributed by atoms with Crippen molar-refractivity contribution in [2.75, 3.05) is 25.1 Å². The Morgan fingerprint density at radius 3 is 2.62 bits per heavy atom. The number of sulfonamides is 1. The minimum Gasteiger partial charge on any atom is -0.497 e. The van der Waals surface area contributed by atoms with E-state index in [0.29, 0.717) is 17.0 Å². The summed E-state index contributed by atoms with van der Waals surface area (Å²) in [7, 11) is -2.20. The molecule has 1 heterocycles. The monoisotopic (exact) mass is 376 g/mol. The summed E-state index contributed by atoms with van der Waals surface area (Å²) >= 11 is 0. The Labute approximate surface area is 152 Å². The van der Waals surface area contributed by atoms with Gasteiger partial charge in [-0.2, -0.15) is 0 Å². The van der Waals surface area contributed by atoms with E-state index in [1.165, 1.54) is 18.1 Å². The van der Waals surface area contributed by atoms with E-state index in [9.17, 15) is 13.2 Å². The number of aryl methyl sites for hydroxylation is 1. The van der Waals surface area contributed by atoms with Crippen LogP contribution in [0.5, 0.6) is 5.75 Å². The number of carbonyl (C=O) groups is 1. The molecular formula is C18H20N2O5S. The summed E-state index contributed by atoms with van der Waals surface area (Å²) in [4.78, 5) is 13.7. The van der Waals surface area contributed by atoms with Crippen molar-refractivity contribution < 1.29 is 22.7 Å². The Hall–Kier alpha value is -2.58. The number of amides is 1. The quantitative estimate of drug-likeness (QED) is 0.836. The van der Waals surface area contributed by atoms with Crippen molar-refractivity contribution >= 4 is 21.8 Å². The molecule has 1 N–H and O–H groups in total. The third-order valence-electron chi connectivity index (χ3n) is 4.11. The van der Waals surface area contributed by atoms with Crippen LogP contribution in [0.15, 0.2) is 53.4 Å². The SMILES string of the molecule is COc1ccc(S(=O)(=O)NCC2CN(c3ccccc3)C(=O)O2)c(C)c1. The lowest BCUT2D eigenvalue weighted by Crippen LogP contribution is -2.34. The second-order valence-electron chi connectivity index (χ2n) is 5.94. The second kappa shape index (κ2) is 7.35. The second-order valence-corrected chi connectivity index (χ2v) is 7.67. The van der Waals surface area contributed by atoms with E-state index < -0.39 is 22.2 Å². The van der Waals surface area contributed by atoms with Gasteiger partial charge in [-0.25, -0.2) is 17.9 Å². The summed E-state index contributed by atoms with van der Waals surface area (Å²) in [6.07, 6.45) is -1.04. The fourth-order valence-electron chi connectivity index (χ4n) is 2.78. The zero-order valence-corrected chi connectivity index (χ0v) is 15.3. The Bertz CT molecular complexity index is 899. The number of rotatable bonds is 6. The van der Waals surface area contributed by atoms with Gasteiger partial charge in [-0.15, -0.1) is 0 Å². The van der Waals surface area contributed by atoms with Crippen molar-refractivity contribution in [1.29, 1.82) is 0 Å². The highest BCUT2D eigenvalue weighted by atomic mass is 32.2. The number of nitrogens with zero attached hydrogens (tertiary/aromatic N) is 1. The number of para-hydroxylation sites is 1. The van der Waals surface area contributed by atoms with Crippen LogP contribution in [-0.4, -0.2) is 40.8 Å². The van der Waals surface area contributed by atoms with Gasteiger partial charge in [0, 0.05) is 12.2 Å². The molecule has 1 aliphatic rings. The molecule has 3 rings (SSSR count). The van der Waals surface area contributed by atoms with Gasteiger partial charge in [0.1, 0.15) is 11.9 Å². The molecule has 2 aromatic rings. The lowest BCUT2D eigenvalue weighted by Gasteiger charge is -2.14. The Kier molecular flexibility index (Phi) is 5.15. The third kappa shape index (κ3) is 3.81. The summed E-state index contributed by atoms with van der Waals surface area (Å²) in [5.74, 6) is 0.588. The molecule has 8 heteroatoms. The van der Waals surface area contributed by atoms with Gasteiger partial charge in [-0.05, 0) is 42.8 Å². The first-order valence-corrected chi connectivity index (χ1v) is 9.56. The summed E-state index contributed by atoms with van der Waals surface area (Å²) < 4.78 is 37.9. The molecule has 1 aliphatic heterocycles. The summed E-state index contributed by atoms with van der Waals surface area (Å²) in [6.45, 7) is 1.99. The van der Waals surface area contributed by atoms with Crippen molar-refractivity contribution in [3.63, 3.8) is 0 Å². The van der Waals surface area contributed by atoms with Gasteiger partial charge in [0.2, 0.25) is 10.0 Å². The van der Waals surface area contributed by atoms with E-state index >= 15 is 0 Å². The maximum atomic E-state index is 12.5. The first-order valence-electron chi connectivity index (χ1n) is 8.08. The van der Waals surface area contributed by atoms with Gasteiger partial charge in [0.05, 0.1) is 18.6 Å². The molecule has 1 fully saturated rings. The Morgan fingerprint density at radius 1 is 1.23 bits per heavy atom. The molecule has 0 spiro atoms. The van der Waals surface area contributed by atoms with Gasteiger partial charge in [0.15, 0.2) is 0 Å². The molecule has 26 heavy (non-hydrogen) atoms. The van der Waals surface area contributed by atoms with Gasteiger partial charge in [-0.1, -0.05) is 18.2 Å². The van der Waals surface area contributed by atoms with Crippen molar-refractivity contribution in [3.8, 4) is 5.75 Å². The summed E-state index contributed by atoms with van der Waals surface area (Å²) in [5.41, 5.74) is 1.29. The molecular weight excluding hydrogens is 356 g/mol. The summed E-state index contributed by atoms with van der Waals surface area (Å²) in [6, 6.07) is 13.8. The predicted molar refractivity (Wildman–Crippen MR) is 97.0 cm³/mol. The standard InChI is InChI=1S/C18H20N2O5S/c1-13-10-15(24-2)8-9-17(13)26(22,23)19-11-16-12-20(18(21)25-16)14-6-4-3-5-7-14/h3-10,16,19H,11-12H2,1-2H3. The summed E-state index contributed by atoms with van der Waals surface area (Å²) in [5, 5.41) is 0. The zero-order chi connectivity index (χ0) is 18.7. The van der Waals surface area contributed by atoms with E-state index in [4.69, 9.17) is 9.47 Å². The predicted octanol–water partition coefficient (Wildman–Crippen LogP) is 2.31. The highest BCUT2D eigenvalue weighted by Crippen LogP contribution is 2.23. The molecule has 1 saturated heterocycles. The van der Waals surface area contributed by atoms with Crippen LogP contribution in [0.3, 0.4) is 0 Å². The van der Waals surface area contributed by atoms with Crippen molar-refractivity contribution in [3.05, 3.63) is 54.1 Å². The average molecular weight is 376 g/mol. The van der Waals surface area contributed by atoms with E-state index in [1.807, 2.05) is 18.2 Å².